The van der Waals surface area contributed by atoms with Crippen LogP contribution in [0.5, 0.6) is 0 Å². The Morgan fingerprint density at radius 2 is 1.56 bits per heavy atom. The summed E-state index contributed by atoms with van der Waals surface area (Å²) in [5.41, 5.74) is 6.76. The lowest BCUT2D eigenvalue weighted by molar-refractivity contribution is 1.09. The van der Waals surface area contributed by atoms with Gasteiger partial charge in [0.2, 0.25) is 5.95 Å². The fraction of sp³-hybridized carbons (Fsp3) is 0.238. The highest BCUT2D eigenvalue weighted by Crippen LogP contribution is 2.28. The molecule has 2 aromatic carbocycles. The molecule has 128 valence electrons. The smallest absolute Gasteiger partial charge is 0.225 e. The molecule has 0 spiro atoms. The molecule has 25 heavy (non-hydrogen) atoms. The first-order valence-corrected chi connectivity index (χ1v) is 8.60. The molecular formula is C21H24N4. The van der Waals surface area contributed by atoms with Gasteiger partial charge < -0.3 is 10.6 Å². The minimum Gasteiger partial charge on any atom is -0.354 e. The number of nitrogens with one attached hydrogen (secondary N) is 2. The van der Waals surface area contributed by atoms with Crippen LogP contribution < -0.4 is 10.6 Å². The standard InChI is InChI=1S/C21H24N4/c1-5-22-21-23-18(17-9-7-6-8-10-17)13-19(25-21)24-20-15(3)11-14(2)12-16(20)4/h6-13H,5H2,1-4H3,(H2,22,23,24,25). The highest BCUT2D eigenvalue weighted by atomic mass is 15.1. The van der Waals surface area contributed by atoms with Gasteiger partial charge in [-0.25, -0.2) is 4.98 Å². The van der Waals surface area contributed by atoms with Crippen LogP contribution in [-0.4, -0.2) is 16.5 Å². The zero-order chi connectivity index (χ0) is 17.8. The van der Waals surface area contributed by atoms with E-state index in [2.05, 4.69) is 65.6 Å². The number of hydrogen-bond donors (Lipinski definition) is 2. The number of benzene rings is 2. The largest absolute Gasteiger partial charge is 0.354 e. The molecule has 1 aromatic heterocycles. The summed E-state index contributed by atoms with van der Waals surface area (Å²) in [6.07, 6.45) is 0. The molecule has 0 aliphatic heterocycles. The van der Waals surface area contributed by atoms with Gasteiger partial charge in [0.25, 0.3) is 0 Å². The Hall–Kier alpha value is -2.88. The van der Waals surface area contributed by atoms with Crippen molar-refractivity contribution in [1.82, 2.24) is 9.97 Å². The maximum Gasteiger partial charge on any atom is 0.225 e. The summed E-state index contributed by atoms with van der Waals surface area (Å²) in [5, 5.41) is 6.71. The molecule has 0 aliphatic rings. The summed E-state index contributed by atoms with van der Waals surface area (Å²) in [7, 11) is 0. The van der Waals surface area contributed by atoms with E-state index in [1.807, 2.05) is 31.2 Å². The maximum absolute atomic E-state index is 4.63. The van der Waals surface area contributed by atoms with Crippen molar-refractivity contribution in [3.05, 3.63) is 65.2 Å². The zero-order valence-corrected chi connectivity index (χ0v) is 15.2. The second kappa shape index (κ2) is 7.34. The molecule has 0 saturated heterocycles. The number of hydrogen-bond acceptors (Lipinski definition) is 4. The van der Waals surface area contributed by atoms with Crippen molar-refractivity contribution in [3.63, 3.8) is 0 Å². The first-order chi connectivity index (χ1) is 12.1. The molecule has 0 bridgehead atoms. The predicted molar refractivity (Wildman–Crippen MR) is 106 cm³/mol. The van der Waals surface area contributed by atoms with Gasteiger partial charge in [0, 0.05) is 23.9 Å². The fourth-order valence-corrected chi connectivity index (χ4v) is 3.01. The average Bonchev–Trinajstić information content (AvgIpc) is 2.59. The monoisotopic (exact) mass is 332 g/mol. The second-order valence-corrected chi connectivity index (χ2v) is 6.26. The second-order valence-electron chi connectivity index (χ2n) is 6.26. The third-order valence-electron chi connectivity index (χ3n) is 4.06. The summed E-state index contributed by atoms with van der Waals surface area (Å²) in [4.78, 5) is 9.25. The van der Waals surface area contributed by atoms with E-state index < -0.39 is 0 Å². The Bertz CT molecular complexity index is 849. The Balaban J connectivity index is 2.03. The number of nitrogens with zero attached hydrogens (tertiary/aromatic N) is 2. The van der Waals surface area contributed by atoms with Crippen molar-refractivity contribution < 1.29 is 0 Å². The van der Waals surface area contributed by atoms with E-state index in [1.165, 1.54) is 16.7 Å². The van der Waals surface area contributed by atoms with Crippen LogP contribution in [0, 0.1) is 20.8 Å². The fourth-order valence-electron chi connectivity index (χ4n) is 3.01. The number of rotatable bonds is 5. The third kappa shape index (κ3) is 3.97. The van der Waals surface area contributed by atoms with Gasteiger partial charge in [-0.2, -0.15) is 4.98 Å². The van der Waals surface area contributed by atoms with E-state index in [-0.39, 0.29) is 0 Å². The summed E-state index contributed by atoms with van der Waals surface area (Å²) >= 11 is 0. The molecule has 0 fully saturated rings. The molecule has 0 aliphatic carbocycles. The van der Waals surface area contributed by atoms with E-state index in [0.29, 0.717) is 5.95 Å². The molecule has 0 unspecified atom stereocenters. The van der Waals surface area contributed by atoms with Gasteiger partial charge in [-0.15, -0.1) is 0 Å². The maximum atomic E-state index is 4.63. The zero-order valence-electron chi connectivity index (χ0n) is 15.2. The van der Waals surface area contributed by atoms with Gasteiger partial charge in [-0.05, 0) is 38.8 Å². The lowest BCUT2D eigenvalue weighted by atomic mass is 10.1. The van der Waals surface area contributed by atoms with Crippen LogP contribution >= 0.6 is 0 Å². The SMILES string of the molecule is CCNc1nc(Nc2c(C)cc(C)cc2C)cc(-c2ccccc2)n1. The van der Waals surface area contributed by atoms with Crippen molar-refractivity contribution in [2.45, 2.75) is 27.7 Å². The van der Waals surface area contributed by atoms with Gasteiger partial charge >= 0.3 is 0 Å². The Kier molecular flexibility index (Phi) is 4.98. The predicted octanol–water partition coefficient (Wildman–Crippen LogP) is 5.24. The molecule has 0 saturated carbocycles. The van der Waals surface area contributed by atoms with Crippen molar-refractivity contribution in [3.8, 4) is 11.3 Å². The normalized spacial score (nSPS) is 10.6. The minimum atomic E-state index is 0.633. The minimum absolute atomic E-state index is 0.633. The van der Waals surface area contributed by atoms with E-state index in [4.69, 9.17) is 0 Å². The van der Waals surface area contributed by atoms with Crippen LogP contribution in [-0.2, 0) is 0 Å². The van der Waals surface area contributed by atoms with E-state index in [9.17, 15) is 0 Å². The highest BCUT2D eigenvalue weighted by molar-refractivity contribution is 5.70. The molecule has 0 atom stereocenters. The van der Waals surface area contributed by atoms with Crippen molar-refractivity contribution in [2.75, 3.05) is 17.2 Å². The first kappa shape index (κ1) is 17.0. The molecule has 0 radical (unpaired) electrons. The van der Waals surface area contributed by atoms with Gasteiger partial charge in [0.05, 0.1) is 5.69 Å². The van der Waals surface area contributed by atoms with E-state index in [1.54, 1.807) is 0 Å². The van der Waals surface area contributed by atoms with Crippen molar-refractivity contribution in [1.29, 1.82) is 0 Å². The van der Waals surface area contributed by atoms with Crippen LogP contribution in [0.3, 0.4) is 0 Å². The van der Waals surface area contributed by atoms with Gasteiger partial charge in [0.15, 0.2) is 0 Å². The first-order valence-electron chi connectivity index (χ1n) is 8.60. The summed E-state index contributed by atoms with van der Waals surface area (Å²) in [6.45, 7) is 9.17. The van der Waals surface area contributed by atoms with Crippen LogP contribution in [0.2, 0.25) is 0 Å². The molecule has 1 heterocycles. The van der Waals surface area contributed by atoms with Gasteiger partial charge in [-0.3, -0.25) is 0 Å². The Morgan fingerprint density at radius 1 is 0.880 bits per heavy atom. The summed E-state index contributed by atoms with van der Waals surface area (Å²) < 4.78 is 0. The van der Waals surface area contributed by atoms with Crippen LogP contribution in [0.1, 0.15) is 23.6 Å². The highest BCUT2D eigenvalue weighted by Gasteiger charge is 2.09. The van der Waals surface area contributed by atoms with Crippen LogP contribution in [0.25, 0.3) is 11.3 Å². The van der Waals surface area contributed by atoms with Crippen molar-refractivity contribution in [2.24, 2.45) is 0 Å². The lowest BCUT2D eigenvalue weighted by Gasteiger charge is -2.15. The topological polar surface area (TPSA) is 49.8 Å². The number of aryl methyl sites for hydroxylation is 3. The number of anilines is 3. The van der Waals surface area contributed by atoms with E-state index in [0.717, 1.165) is 29.3 Å². The quantitative estimate of drug-likeness (QED) is 0.670. The molecule has 4 heteroatoms. The van der Waals surface area contributed by atoms with Crippen molar-refractivity contribution >= 4 is 17.5 Å². The molecule has 2 N–H and O–H groups in total. The summed E-state index contributed by atoms with van der Waals surface area (Å²) in [6, 6.07) is 16.5. The third-order valence-corrected chi connectivity index (χ3v) is 4.06. The molecule has 3 rings (SSSR count). The molecule has 3 aromatic rings. The molecule has 4 nitrogen and oxygen atoms in total. The molecular weight excluding hydrogens is 308 g/mol. The Morgan fingerprint density at radius 3 is 2.20 bits per heavy atom. The lowest BCUT2D eigenvalue weighted by Crippen LogP contribution is -2.06. The molecule has 0 amide bonds. The van der Waals surface area contributed by atoms with Gasteiger partial charge in [-0.1, -0.05) is 48.0 Å². The average molecular weight is 332 g/mol. The van der Waals surface area contributed by atoms with Crippen LogP contribution in [0.4, 0.5) is 17.5 Å². The van der Waals surface area contributed by atoms with Gasteiger partial charge in [0.1, 0.15) is 5.82 Å². The Labute approximate surface area is 149 Å². The summed E-state index contributed by atoms with van der Waals surface area (Å²) in [5.74, 6) is 1.42. The number of aromatic nitrogens is 2. The van der Waals surface area contributed by atoms with E-state index >= 15 is 0 Å². The van der Waals surface area contributed by atoms with Crippen LogP contribution in [0.15, 0.2) is 48.5 Å².